The van der Waals surface area contributed by atoms with E-state index in [1.54, 1.807) is 12.1 Å². The van der Waals surface area contributed by atoms with Crippen LogP contribution in [0.25, 0.3) is 0 Å². The Morgan fingerprint density at radius 1 is 1.55 bits per heavy atom. The molecule has 6 heteroatoms. The minimum absolute atomic E-state index is 0.0363. The van der Waals surface area contributed by atoms with Gasteiger partial charge in [0.1, 0.15) is 5.69 Å². The summed E-state index contributed by atoms with van der Waals surface area (Å²) in [4.78, 5) is 10.5. The summed E-state index contributed by atoms with van der Waals surface area (Å²) in [7, 11) is 0. The number of nitro groups is 1. The Balaban J connectivity index is 1.94. The molecule has 0 bridgehead atoms. The van der Waals surface area contributed by atoms with Gasteiger partial charge in [-0.3, -0.25) is 10.1 Å². The van der Waals surface area contributed by atoms with Gasteiger partial charge < -0.3 is 10.6 Å². The molecule has 0 saturated carbocycles. The number of nitro benzene ring substituents is 1. The molecule has 6 nitrogen and oxygen atoms in total. The molecule has 2 rings (SSSR count). The van der Waals surface area contributed by atoms with E-state index in [1.165, 1.54) is 18.9 Å². The van der Waals surface area contributed by atoms with Gasteiger partial charge in [0.05, 0.1) is 16.6 Å². The molecule has 0 spiro atoms. The highest BCUT2D eigenvalue weighted by molar-refractivity contribution is 5.63. The summed E-state index contributed by atoms with van der Waals surface area (Å²) >= 11 is 0. The highest BCUT2D eigenvalue weighted by Gasteiger charge is 2.16. The number of nitriles is 1. The lowest BCUT2D eigenvalue weighted by molar-refractivity contribution is -0.384. The summed E-state index contributed by atoms with van der Waals surface area (Å²) in [6.07, 6.45) is 3.40. The third-order valence-corrected chi connectivity index (χ3v) is 3.59. The first-order valence-corrected chi connectivity index (χ1v) is 6.84. The van der Waals surface area contributed by atoms with Gasteiger partial charge in [0.25, 0.3) is 5.69 Å². The van der Waals surface area contributed by atoms with Crippen molar-refractivity contribution in [1.29, 1.82) is 5.26 Å². The van der Waals surface area contributed by atoms with Gasteiger partial charge in [-0.15, -0.1) is 0 Å². The topological polar surface area (TPSA) is 91.0 Å². The predicted molar refractivity (Wildman–Crippen MR) is 76.5 cm³/mol. The molecule has 1 heterocycles. The minimum Gasteiger partial charge on any atom is -0.379 e. The summed E-state index contributed by atoms with van der Waals surface area (Å²) in [5.74, 6) is 0.633. The van der Waals surface area contributed by atoms with Crippen LogP contribution in [0.5, 0.6) is 0 Å². The van der Waals surface area contributed by atoms with E-state index in [0.717, 1.165) is 19.5 Å². The summed E-state index contributed by atoms with van der Waals surface area (Å²) in [5.41, 5.74) is 0.752. The molecule has 2 N–H and O–H groups in total. The SMILES string of the molecule is N#Cc1ccc(NCCC2CCCNC2)c([N+](=O)[O-])c1. The monoisotopic (exact) mass is 274 g/mol. The molecule has 106 valence electrons. The van der Waals surface area contributed by atoms with E-state index < -0.39 is 4.92 Å². The van der Waals surface area contributed by atoms with Gasteiger partial charge in [0, 0.05) is 12.6 Å². The highest BCUT2D eigenvalue weighted by Crippen LogP contribution is 2.25. The average Bonchev–Trinajstić information content (AvgIpc) is 2.48. The number of piperidine rings is 1. The van der Waals surface area contributed by atoms with Crippen molar-refractivity contribution >= 4 is 11.4 Å². The van der Waals surface area contributed by atoms with Crippen LogP contribution in [-0.2, 0) is 0 Å². The number of benzene rings is 1. The van der Waals surface area contributed by atoms with Crippen LogP contribution in [0, 0.1) is 27.4 Å². The molecule has 0 aromatic heterocycles. The second kappa shape index (κ2) is 6.87. The van der Waals surface area contributed by atoms with Crippen molar-refractivity contribution in [1.82, 2.24) is 5.32 Å². The standard InChI is InChI=1S/C14H18N4O2/c15-9-12-3-4-13(14(8-12)18(19)20)17-7-5-11-2-1-6-16-10-11/h3-4,8,11,16-17H,1-2,5-7,10H2. The lowest BCUT2D eigenvalue weighted by atomic mass is 9.96. The minimum atomic E-state index is -0.453. The molecule has 1 fully saturated rings. The zero-order valence-corrected chi connectivity index (χ0v) is 11.3. The van der Waals surface area contributed by atoms with Crippen LogP contribution in [0.2, 0.25) is 0 Å². The van der Waals surface area contributed by atoms with Crippen molar-refractivity contribution < 1.29 is 4.92 Å². The number of nitrogens with one attached hydrogen (secondary N) is 2. The highest BCUT2D eigenvalue weighted by atomic mass is 16.6. The Kier molecular flexibility index (Phi) is 4.91. The third-order valence-electron chi connectivity index (χ3n) is 3.59. The van der Waals surface area contributed by atoms with Gasteiger partial charge in [-0.1, -0.05) is 0 Å². The molecule has 1 aliphatic rings. The third kappa shape index (κ3) is 3.68. The molecule has 1 aromatic rings. The Bertz CT molecular complexity index is 518. The summed E-state index contributed by atoms with van der Waals surface area (Å²) < 4.78 is 0. The quantitative estimate of drug-likeness (QED) is 0.635. The maximum atomic E-state index is 11.0. The largest absolute Gasteiger partial charge is 0.379 e. The zero-order chi connectivity index (χ0) is 14.4. The van der Waals surface area contributed by atoms with Gasteiger partial charge in [0.2, 0.25) is 0 Å². The van der Waals surface area contributed by atoms with E-state index in [1.807, 2.05) is 6.07 Å². The fourth-order valence-corrected chi connectivity index (χ4v) is 2.48. The number of anilines is 1. The van der Waals surface area contributed by atoms with Crippen molar-refractivity contribution in [2.24, 2.45) is 5.92 Å². The van der Waals surface area contributed by atoms with Crippen LogP contribution in [0.4, 0.5) is 11.4 Å². The van der Waals surface area contributed by atoms with E-state index in [9.17, 15) is 10.1 Å². The second-order valence-corrected chi connectivity index (χ2v) is 5.03. The molecular weight excluding hydrogens is 256 g/mol. The van der Waals surface area contributed by atoms with E-state index in [4.69, 9.17) is 5.26 Å². The van der Waals surface area contributed by atoms with Crippen LogP contribution in [0.15, 0.2) is 18.2 Å². The number of rotatable bonds is 5. The number of hydrogen-bond donors (Lipinski definition) is 2. The number of hydrogen-bond acceptors (Lipinski definition) is 5. The average molecular weight is 274 g/mol. The maximum absolute atomic E-state index is 11.0. The molecule has 0 amide bonds. The summed E-state index contributed by atoms with van der Waals surface area (Å²) in [5, 5.41) is 26.3. The van der Waals surface area contributed by atoms with E-state index in [2.05, 4.69) is 10.6 Å². The van der Waals surface area contributed by atoms with E-state index in [0.29, 0.717) is 23.7 Å². The van der Waals surface area contributed by atoms with Crippen molar-refractivity contribution in [2.75, 3.05) is 25.0 Å². The lowest BCUT2D eigenvalue weighted by Gasteiger charge is -2.22. The molecule has 1 atom stereocenters. The summed E-state index contributed by atoms with van der Waals surface area (Å²) in [6, 6.07) is 6.43. The van der Waals surface area contributed by atoms with Crippen molar-refractivity contribution in [3.63, 3.8) is 0 Å². The first-order chi connectivity index (χ1) is 9.70. The molecule has 1 unspecified atom stereocenters. The zero-order valence-electron chi connectivity index (χ0n) is 11.3. The fraction of sp³-hybridized carbons (Fsp3) is 0.500. The molecule has 1 aromatic carbocycles. The van der Waals surface area contributed by atoms with Gasteiger partial charge in [-0.05, 0) is 50.4 Å². The molecular formula is C14H18N4O2. The van der Waals surface area contributed by atoms with Crippen molar-refractivity contribution in [2.45, 2.75) is 19.3 Å². The van der Waals surface area contributed by atoms with Crippen LogP contribution in [0.3, 0.4) is 0 Å². The van der Waals surface area contributed by atoms with Gasteiger partial charge in [-0.25, -0.2) is 0 Å². The Labute approximate surface area is 117 Å². The first kappa shape index (κ1) is 14.3. The van der Waals surface area contributed by atoms with Crippen molar-refractivity contribution in [3.8, 4) is 6.07 Å². The Morgan fingerprint density at radius 3 is 3.05 bits per heavy atom. The molecule has 1 saturated heterocycles. The maximum Gasteiger partial charge on any atom is 0.293 e. The van der Waals surface area contributed by atoms with E-state index in [-0.39, 0.29) is 5.69 Å². The second-order valence-electron chi connectivity index (χ2n) is 5.03. The fourth-order valence-electron chi connectivity index (χ4n) is 2.48. The first-order valence-electron chi connectivity index (χ1n) is 6.84. The molecule has 0 radical (unpaired) electrons. The van der Waals surface area contributed by atoms with Crippen LogP contribution in [-0.4, -0.2) is 24.6 Å². The summed E-state index contributed by atoms with van der Waals surface area (Å²) in [6.45, 7) is 2.82. The van der Waals surface area contributed by atoms with Gasteiger partial charge in [0.15, 0.2) is 0 Å². The van der Waals surface area contributed by atoms with Crippen LogP contribution in [0.1, 0.15) is 24.8 Å². The van der Waals surface area contributed by atoms with E-state index >= 15 is 0 Å². The van der Waals surface area contributed by atoms with Crippen molar-refractivity contribution in [3.05, 3.63) is 33.9 Å². The van der Waals surface area contributed by atoms with Gasteiger partial charge in [-0.2, -0.15) is 5.26 Å². The van der Waals surface area contributed by atoms with Gasteiger partial charge >= 0.3 is 0 Å². The predicted octanol–water partition coefficient (Wildman–Crippen LogP) is 2.27. The molecule has 0 aliphatic carbocycles. The number of nitrogens with zero attached hydrogens (tertiary/aromatic N) is 2. The molecule has 1 aliphatic heterocycles. The Morgan fingerprint density at radius 2 is 2.40 bits per heavy atom. The van der Waals surface area contributed by atoms with Crippen LogP contribution >= 0.6 is 0 Å². The lowest BCUT2D eigenvalue weighted by Crippen LogP contribution is -2.30. The smallest absolute Gasteiger partial charge is 0.293 e. The Hall–Kier alpha value is -2.13. The van der Waals surface area contributed by atoms with Crippen LogP contribution < -0.4 is 10.6 Å². The molecule has 20 heavy (non-hydrogen) atoms. The normalized spacial score (nSPS) is 18.2.